The van der Waals surface area contributed by atoms with Gasteiger partial charge in [-0.25, -0.2) is 0 Å². The van der Waals surface area contributed by atoms with E-state index >= 15 is 0 Å². The Morgan fingerprint density at radius 1 is 0.967 bits per heavy atom. The molecule has 0 saturated carbocycles. The van der Waals surface area contributed by atoms with Gasteiger partial charge < -0.3 is 16.0 Å². The molecule has 0 atom stereocenters. The summed E-state index contributed by atoms with van der Waals surface area (Å²) in [5.74, 6) is -0.109. The van der Waals surface area contributed by atoms with E-state index in [4.69, 9.17) is 11.6 Å². The molecule has 1 heterocycles. The van der Waals surface area contributed by atoms with Crippen LogP contribution in [0.2, 0.25) is 5.02 Å². The second-order valence-corrected chi connectivity index (χ2v) is 8.09. The lowest BCUT2D eigenvalue weighted by Crippen LogP contribution is -2.16. The molecule has 154 valence electrons. The molecular formula is C25H26ClN3O. The lowest BCUT2D eigenvalue weighted by Gasteiger charge is -2.16. The third kappa shape index (κ3) is 4.84. The molecule has 4 rings (SSSR count). The average Bonchev–Trinajstić information content (AvgIpc) is 3.01. The van der Waals surface area contributed by atoms with Gasteiger partial charge in [-0.1, -0.05) is 47.5 Å². The van der Waals surface area contributed by atoms with Crippen LogP contribution in [0.3, 0.4) is 0 Å². The van der Waals surface area contributed by atoms with Crippen LogP contribution in [0.15, 0.2) is 60.7 Å². The number of hydrogen-bond acceptors (Lipinski definition) is 3. The van der Waals surface area contributed by atoms with Crippen molar-refractivity contribution in [3.63, 3.8) is 0 Å². The molecule has 0 fully saturated rings. The van der Waals surface area contributed by atoms with Gasteiger partial charge in [0, 0.05) is 17.8 Å². The molecule has 1 aliphatic heterocycles. The number of halogens is 1. The van der Waals surface area contributed by atoms with Gasteiger partial charge in [0.25, 0.3) is 5.91 Å². The highest BCUT2D eigenvalue weighted by atomic mass is 35.5. The lowest BCUT2D eigenvalue weighted by atomic mass is 10.0. The molecule has 3 N–H and O–H groups in total. The minimum Gasteiger partial charge on any atom is -0.380 e. The van der Waals surface area contributed by atoms with Gasteiger partial charge in [0.15, 0.2) is 0 Å². The summed E-state index contributed by atoms with van der Waals surface area (Å²) >= 11 is 6.50. The Bertz CT molecular complexity index is 1030. The van der Waals surface area contributed by atoms with Gasteiger partial charge in [-0.2, -0.15) is 0 Å². The smallest absolute Gasteiger partial charge is 0.255 e. The van der Waals surface area contributed by atoms with E-state index in [-0.39, 0.29) is 5.91 Å². The number of carbonyl (C=O) groups is 1. The third-order valence-electron chi connectivity index (χ3n) is 5.48. The molecule has 5 heteroatoms. The van der Waals surface area contributed by atoms with Crippen LogP contribution in [-0.4, -0.2) is 19.0 Å². The SMILES string of the molecule is Cc1ccc(NC(=O)c2ccc(CNc3c(Cl)ccc4c3CCNCC4)cc2)cc1. The fraction of sp³-hybridized carbons (Fsp3) is 0.240. The van der Waals surface area contributed by atoms with E-state index in [1.165, 1.54) is 11.1 Å². The van der Waals surface area contributed by atoms with E-state index in [0.717, 1.165) is 53.5 Å². The Kier molecular flexibility index (Phi) is 6.36. The summed E-state index contributed by atoms with van der Waals surface area (Å²) in [7, 11) is 0. The summed E-state index contributed by atoms with van der Waals surface area (Å²) in [5, 5.41) is 10.6. The van der Waals surface area contributed by atoms with Crippen molar-refractivity contribution >= 4 is 28.9 Å². The van der Waals surface area contributed by atoms with E-state index in [2.05, 4.69) is 22.0 Å². The van der Waals surface area contributed by atoms with Crippen molar-refractivity contribution in [1.29, 1.82) is 0 Å². The summed E-state index contributed by atoms with van der Waals surface area (Å²) in [6.45, 7) is 4.64. The Labute approximate surface area is 182 Å². The first-order valence-corrected chi connectivity index (χ1v) is 10.7. The maximum absolute atomic E-state index is 12.5. The van der Waals surface area contributed by atoms with Crippen LogP contribution in [0.4, 0.5) is 11.4 Å². The molecule has 3 aromatic rings. The number of carbonyl (C=O) groups excluding carboxylic acids is 1. The minimum absolute atomic E-state index is 0.109. The Hall–Kier alpha value is -2.82. The molecule has 0 unspecified atom stereocenters. The normalized spacial score (nSPS) is 13.3. The predicted octanol–water partition coefficient (Wildman–Crippen LogP) is 5.20. The molecule has 0 aliphatic carbocycles. The largest absolute Gasteiger partial charge is 0.380 e. The summed E-state index contributed by atoms with van der Waals surface area (Å²) in [6, 6.07) is 19.6. The molecule has 4 nitrogen and oxygen atoms in total. The van der Waals surface area contributed by atoms with Gasteiger partial charge >= 0.3 is 0 Å². The van der Waals surface area contributed by atoms with Gasteiger partial charge in [0.1, 0.15) is 0 Å². The second-order valence-electron chi connectivity index (χ2n) is 7.68. The van der Waals surface area contributed by atoms with E-state index < -0.39 is 0 Å². The van der Waals surface area contributed by atoms with Crippen molar-refractivity contribution in [2.75, 3.05) is 23.7 Å². The van der Waals surface area contributed by atoms with Crippen LogP contribution < -0.4 is 16.0 Å². The number of anilines is 2. The number of hydrogen-bond donors (Lipinski definition) is 3. The number of amides is 1. The highest BCUT2D eigenvalue weighted by Gasteiger charge is 2.14. The zero-order chi connectivity index (χ0) is 20.9. The van der Waals surface area contributed by atoms with Gasteiger partial charge in [0.05, 0.1) is 10.7 Å². The standard InChI is InChI=1S/C25H26ClN3O/c1-17-2-9-21(10-3-17)29-25(30)20-6-4-18(5-7-20)16-28-24-22-13-15-27-14-12-19(22)8-11-23(24)26/h2-11,27-28H,12-16H2,1H3,(H,29,30). The molecule has 1 amide bonds. The van der Waals surface area contributed by atoms with Crippen molar-refractivity contribution in [2.45, 2.75) is 26.3 Å². The van der Waals surface area contributed by atoms with Crippen LogP contribution in [0.25, 0.3) is 0 Å². The quantitative estimate of drug-likeness (QED) is 0.532. The number of aryl methyl sites for hydroxylation is 1. The third-order valence-corrected chi connectivity index (χ3v) is 5.79. The maximum Gasteiger partial charge on any atom is 0.255 e. The molecule has 0 saturated heterocycles. The molecule has 3 aromatic carbocycles. The van der Waals surface area contributed by atoms with Crippen molar-refractivity contribution in [1.82, 2.24) is 5.32 Å². The van der Waals surface area contributed by atoms with E-state index in [1.54, 1.807) is 0 Å². The summed E-state index contributed by atoms with van der Waals surface area (Å²) in [5.41, 5.74) is 7.39. The first-order chi connectivity index (χ1) is 14.6. The summed E-state index contributed by atoms with van der Waals surface area (Å²) < 4.78 is 0. The molecule has 30 heavy (non-hydrogen) atoms. The zero-order valence-electron chi connectivity index (χ0n) is 17.1. The first-order valence-electron chi connectivity index (χ1n) is 10.3. The predicted molar refractivity (Wildman–Crippen MR) is 125 cm³/mol. The van der Waals surface area contributed by atoms with Gasteiger partial charge in [0.2, 0.25) is 0 Å². The van der Waals surface area contributed by atoms with Gasteiger partial charge in [-0.05, 0) is 79.9 Å². The van der Waals surface area contributed by atoms with Crippen LogP contribution in [0, 0.1) is 6.92 Å². The molecule has 0 bridgehead atoms. The Morgan fingerprint density at radius 2 is 1.70 bits per heavy atom. The number of rotatable bonds is 5. The fourth-order valence-corrected chi connectivity index (χ4v) is 3.98. The monoisotopic (exact) mass is 419 g/mol. The lowest BCUT2D eigenvalue weighted by molar-refractivity contribution is 0.102. The van der Waals surface area contributed by atoms with Crippen molar-refractivity contribution < 1.29 is 4.79 Å². The highest BCUT2D eigenvalue weighted by molar-refractivity contribution is 6.33. The Balaban J connectivity index is 1.42. The van der Waals surface area contributed by atoms with E-state index in [9.17, 15) is 4.79 Å². The summed E-state index contributed by atoms with van der Waals surface area (Å²) in [4.78, 5) is 12.5. The minimum atomic E-state index is -0.109. The zero-order valence-corrected chi connectivity index (χ0v) is 17.9. The number of nitrogens with one attached hydrogen (secondary N) is 3. The molecule has 0 spiro atoms. The maximum atomic E-state index is 12.5. The summed E-state index contributed by atoms with van der Waals surface area (Å²) in [6.07, 6.45) is 1.99. The average molecular weight is 420 g/mol. The number of benzene rings is 3. The van der Waals surface area contributed by atoms with Crippen LogP contribution in [-0.2, 0) is 19.4 Å². The van der Waals surface area contributed by atoms with E-state index in [0.29, 0.717) is 12.1 Å². The first kappa shape index (κ1) is 20.5. The van der Waals surface area contributed by atoms with Crippen molar-refractivity contribution in [3.8, 4) is 0 Å². The van der Waals surface area contributed by atoms with Crippen molar-refractivity contribution in [3.05, 3.63) is 93.5 Å². The topological polar surface area (TPSA) is 53.2 Å². The number of fused-ring (bicyclic) bond motifs is 1. The molecular weight excluding hydrogens is 394 g/mol. The van der Waals surface area contributed by atoms with Crippen molar-refractivity contribution in [2.24, 2.45) is 0 Å². The van der Waals surface area contributed by atoms with Crippen LogP contribution >= 0.6 is 11.6 Å². The van der Waals surface area contributed by atoms with E-state index in [1.807, 2.05) is 61.5 Å². The van der Waals surface area contributed by atoms with Gasteiger partial charge in [-0.3, -0.25) is 4.79 Å². The van der Waals surface area contributed by atoms with Crippen LogP contribution in [0.5, 0.6) is 0 Å². The fourth-order valence-electron chi connectivity index (χ4n) is 3.74. The molecule has 1 aliphatic rings. The highest BCUT2D eigenvalue weighted by Crippen LogP contribution is 2.31. The molecule has 0 radical (unpaired) electrons. The van der Waals surface area contributed by atoms with Gasteiger partial charge in [-0.15, -0.1) is 0 Å². The Morgan fingerprint density at radius 3 is 2.47 bits per heavy atom. The molecule has 0 aromatic heterocycles. The van der Waals surface area contributed by atoms with Crippen LogP contribution in [0.1, 0.15) is 32.6 Å². The second kappa shape index (κ2) is 9.33.